The molecule has 0 aromatic carbocycles. The van der Waals surface area contributed by atoms with Crippen LogP contribution in [0.1, 0.15) is 31.2 Å². The minimum absolute atomic E-state index is 0.0262. The molecule has 0 spiro atoms. The maximum Gasteiger partial charge on any atom is 0.225 e. The summed E-state index contributed by atoms with van der Waals surface area (Å²) in [4.78, 5) is 33.4. The molecule has 1 aromatic rings. The van der Waals surface area contributed by atoms with Gasteiger partial charge in [0.25, 0.3) is 0 Å². The molecule has 1 N–H and O–H groups in total. The molecule has 7 nitrogen and oxygen atoms in total. The highest BCUT2D eigenvalue weighted by Crippen LogP contribution is 2.18. The van der Waals surface area contributed by atoms with Crippen molar-refractivity contribution in [3.05, 3.63) is 30.1 Å². The fraction of sp³-hybridized carbons (Fsp3) is 0.650. The first-order chi connectivity index (χ1) is 13.2. The number of morpholine rings is 1. The third kappa shape index (κ3) is 6.29. The van der Waals surface area contributed by atoms with E-state index in [1.165, 1.54) is 0 Å². The number of carbonyl (C=O) groups excluding carboxylic acids is 2. The Morgan fingerprint density at radius 2 is 2.07 bits per heavy atom. The highest BCUT2D eigenvalue weighted by Gasteiger charge is 2.26. The first-order valence-electron chi connectivity index (χ1n) is 9.97. The second-order valence-corrected chi connectivity index (χ2v) is 7.30. The van der Waals surface area contributed by atoms with E-state index in [2.05, 4.69) is 21.3 Å². The van der Waals surface area contributed by atoms with Crippen LogP contribution in [0.4, 0.5) is 0 Å². The zero-order valence-corrected chi connectivity index (χ0v) is 15.9. The summed E-state index contributed by atoms with van der Waals surface area (Å²) >= 11 is 0. The number of ether oxygens (including phenoxy) is 1. The van der Waals surface area contributed by atoms with Gasteiger partial charge in [0.15, 0.2) is 0 Å². The first kappa shape index (κ1) is 19.8. The molecule has 3 rings (SSSR count). The topological polar surface area (TPSA) is 74.8 Å². The lowest BCUT2D eigenvalue weighted by molar-refractivity contribution is -0.140. The summed E-state index contributed by atoms with van der Waals surface area (Å²) in [6.45, 7) is 5.55. The molecule has 2 saturated heterocycles. The Balaban J connectivity index is 1.60. The quantitative estimate of drug-likeness (QED) is 0.856. The van der Waals surface area contributed by atoms with Crippen molar-refractivity contribution >= 4 is 11.8 Å². The van der Waals surface area contributed by atoms with Crippen molar-refractivity contribution in [2.75, 3.05) is 45.9 Å². The van der Waals surface area contributed by atoms with E-state index < -0.39 is 0 Å². The zero-order chi connectivity index (χ0) is 18.9. The highest BCUT2D eigenvalue weighted by atomic mass is 16.5. The number of aromatic nitrogens is 1. The highest BCUT2D eigenvalue weighted by molar-refractivity contribution is 5.79. The van der Waals surface area contributed by atoms with Crippen molar-refractivity contribution in [3.8, 4) is 0 Å². The first-order valence-corrected chi connectivity index (χ1v) is 9.97. The van der Waals surface area contributed by atoms with Gasteiger partial charge in [-0.3, -0.25) is 19.5 Å². The number of carbonyl (C=O) groups is 2. The van der Waals surface area contributed by atoms with Gasteiger partial charge in [-0.2, -0.15) is 0 Å². The molecule has 2 amide bonds. The van der Waals surface area contributed by atoms with Crippen molar-refractivity contribution in [2.45, 2.75) is 32.2 Å². The lowest BCUT2D eigenvalue weighted by atomic mass is 9.97. The molecule has 0 bridgehead atoms. The van der Waals surface area contributed by atoms with Crippen LogP contribution >= 0.6 is 0 Å². The Bertz CT molecular complexity index is 605. The van der Waals surface area contributed by atoms with Gasteiger partial charge in [0, 0.05) is 57.5 Å². The Morgan fingerprint density at radius 3 is 2.85 bits per heavy atom. The lowest BCUT2D eigenvalue weighted by Crippen LogP contribution is -2.44. The molecule has 1 atom stereocenters. The van der Waals surface area contributed by atoms with E-state index in [0.29, 0.717) is 45.7 Å². The van der Waals surface area contributed by atoms with Gasteiger partial charge < -0.3 is 15.0 Å². The second kappa shape index (κ2) is 10.4. The molecule has 0 saturated carbocycles. The zero-order valence-electron chi connectivity index (χ0n) is 15.9. The standard InChI is InChI=1S/C20H30N4O3/c25-19-6-10-23(16-17-3-1-7-21-15-17)9-2-4-18(5-8-22-19)20(26)24-11-13-27-14-12-24/h1,3,7,15,18H,2,4-6,8-14,16H2,(H,22,25). The summed E-state index contributed by atoms with van der Waals surface area (Å²) in [6.07, 6.45) is 6.65. The summed E-state index contributed by atoms with van der Waals surface area (Å²) in [7, 11) is 0. The summed E-state index contributed by atoms with van der Waals surface area (Å²) in [5.41, 5.74) is 1.15. The van der Waals surface area contributed by atoms with Gasteiger partial charge >= 0.3 is 0 Å². The van der Waals surface area contributed by atoms with Gasteiger partial charge in [0.2, 0.25) is 11.8 Å². The van der Waals surface area contributed by atoms with Crippen molar-refractivity contribution < 1.29 is 14.3 Å². The fourth-order valence-electron chi connectivity index (χ4n) is 3.75. The smallest absolute Gasteiger partial charge is 0.225 e. The average molecular weight is 374 g/mol. The molecule has 2 fully saturated rings. The van der Waals surface area contributed by atoms with Crippen LogP contribution in [0.3, 0.4) is 0 Å². The molecule has 0 aliphatic carbocycles. The maximum atomic E-state index is 12.9. The minimum Gasteiger partial charge on any atom is -0.378 e. The van der Waals surface area contributed by atoms with E-state index >= 15 is 0 Å². The number of hydrogen-bond acceptors (Lipinski definition) is 5. The van der Waals surface area contributed by atoms with Gasteiger partial charge in [-0.15, -0.1) is 0 Å². The molecule has 0 radical (unpaired) electrons. The van der Waals surface area contributed by atoms with Gasteiger partial charge in [-0.1, -0.05) is 6.07 Å². The van der Waals surface area contributed by atoms with E-state index in [-0.39, 0.29) is 17.7 Å². The largest absolute Gasteiger partial charge is 0.378 e. The van der Waals surface area contributed by atoms with Crippen LogP contribution in [0.2, 0.25) is 0 Å². The molecule has 2 aliphatic heterocycles. The number of nitrogens with zero attached hydrogens (tertiary/aromatic N) is 3. The average Bonchev–Trinajstić information content (AvgIpc) is 2.75. The number of nitrogens with one attached hydrogen (secondary N) is 1. The van der Waals surface area contributed by atoms with Gasteiger partial charge in [-0.25, -0.2) is 0 Å². The van der Waals surface area contributed by atoms with Crippen LogP contribution in [-0.2, 0) is 20.9 Å². The third-order valence-electron chi connectivity index (χ3n) is 5.30. The molecular weight excluding hydrogens is 344 g/mol. The Labute approximate surface area is 161 Å². The lowest BCUT2D eigenvalue weighted by Gasteiger charge is -2.30. The second-order valence-electron chi connectivity index (χ2n) is 7.30. The van der Waals surface area contributed by atoms with Crippen LogP contribution in [0, 0.1) is 5.92 Å². The predicted molar refractivity (Wildman–Crippen MR) is 102 cm³/mol. The van der Waals surface area contributed by atoms with E-state index in [1.807, 2.05) is 17.2 Å². The van der Waals surface area contributed by atoms with Crippen LogP contribution in [0.25, 0.3) is 0 Å². The van der Waals surface area contributed by atoms with Crippen molar-refractivity contribution in [1.82, 2.24) is 20.1 Å². The van der Waals surface area contributed by atoms with E-state index in [9.17, 15) is 9.59 Å². The maximum absolute atomic E-state index is 12.9. The minimum atomic E-state index is -0.0262. The fourth-order valence-corrected chi connectivity index (χ4v) is 3.75. The Kier molecular flexibility index (Phi) is 7.59. The molecule has 148 valence electrons. The summed E-state index contributed by atoms with van der Waals surface area (Å²) in [5.74, 6) is 0.248. The number of rotatable bonds is 3. The van der Waals surface area contributed by atoms with Gasteiger partial charge in [-0.05, 0) is 37.4 Å². The van der Waals surface area contributed by atoms with Crippen LogP contribution in [-0.4, -0.2) is 72.5 Å². The van der Waals surface area contributed by atoms with E-state index in [1.54, 1.807) is 6.20 Å². The molecular formula is C20H30N4O3. The van der Waals surface area contributed by atoms with Crippen LogP contribution < -0.4 is 5.32 Å². The summed E-state index contributed by atoms with van der Waals surface area (Å²) < 4.78 is 5.36. The van der Waals surface area contributed by atoms with Crippen molar-refractivity contribution in [1.29, 1.82) is 0 Å². The van der Waals surface area contributed by atoms with E-state index in [4.69, 9.17) is 4.74 Å². The third-order valence-corrected chi connectivity index (χ3v) is 5.30. The van der Waals surface area contributed by atoms with Crippen LogP contribution in [0.5, 0.6) is 0 Å². The Hall–Kier alpha value is -1.99. The molecule has 1 aromatic heterocycles. The normalized spacial score (nSPS) is 23.3. The van der Waals surface area contributed by atoms with E-state index in [0.717, 1.165) is 38.0 Å². The summed E-state index contributed by atoms with van der Waals surface area (Å²) in [6, 6.07) is 3.99. The SMILES string of the molecule is O=C1CCN(Cc2cccnc2)CCCC(C(=O)N2CCOCC2)CCN1. The number of hydrogen-bond donors (Lipinski definition) is 1. The Morgan fingerprint density at radius 1 is 1.22 bits per heavy atom. The number of pyridine rings is 1. The molecule has 3 heterocycles. The van der Waals surface area contributed by atoms with Crippen LogP contribution in [0.15, 0.2) is 24.5 Å². The summed E-state index contributed by atoms with van der Waals surface area (Å²) in [5, 5.41) is 2.98. The van der Waals surface area contributed by atoms with Crippen molar-refractivity contribution in [3.63, 3.8) is 0 Å². The van der Waals surface area contributed by atoms with Gasteiger partial charge in [0.1, 0.15) is 0 Å². The molecule has 7 heteroatoms. The monoisotopic (exact) mass is 374 g/mol. The molecule has 1 unspecified atom stereocenters. The van der Waals surface area contributed by atoms with Gasteiger partial charge in [0.05, 0.1) is 13.2 Å². The van der Waals surface area contributed by atoms with Crippen molar-refractivity contribution in [2.24, 2.45) is 5.92 Å². The molecule has 27 heavy (non-hydrogen) atoms. The molecule has 2 aliphatic rings. The predicted octanol–water partition coefficient (Wildman–Crippen LogP) is 1.05. The number of amides is 2.